The van der Waals surface area contributed by atoms with Crippen molar-refractivity contribution in [2.45, 2.75) is 91.9 Å². The SMILES string of the molecule is CC.CC(=O)[C@H](CCC1CC1)CC(N)=O.CCC1CCCC1. The minimum atomic E-state index is -0.365. The van der Waals surface area contributed by atoms with Gasteiger partial charge in [-0.1, -0.05) is 65.7 Å². The first kappa shape index (κ1) is 21.1. The highest BCUT2D eigenvalue weighted by Crippen LogP contribution is 2.35. The van der Waals surface area contributed by atoms with Crippen molar-refractivity contribution >= 4 is 11.7 Å². The molecule has 0 bridgehead atoms. The number of hydrogen-bond donors (Lipinski definition) is 1. The smallest absolute Gasteiger partial charge is 0.218 e. The zero-order chi connectivity index (χ0) is 17.0. The van der Waals surface area contributed by atoms with Crippen LogP contribution < -0.4 is 5.73 Å². The van der Waals surface area contributed by atoms with Crippen molar-refractivity contribution in [2.75, 3.05) is 0 Å². The summed E-state index contributed by atoms with van der Waals surface area (Å²) in [6.07, 6.45) is 12.2. The first-order valence-electron chi connectivity index (χ1n) is 9.31. The van der Waals surface area contributed by atoms with Crippen LogP contribution in [0.15, 0.2) is 0 Å². The second-order valence-electron chi connectivity index (χ2n) is 6.56. The molecule has 2 aliphatic rings. The van der Waals surface area contributed by atoms with Crippen LogP contribution in [0.1, 0.15) is 91.9 Å². The van der Waals surface area contributed by atoms with Gasteiger partial charge in [0.15, 0.2) is 0 Å². The maximum Gasteiger partial charge on any atom is 0.218 e. The molecule has 1 amide bonds. The minimum Gasteiger partial charge on any atom is -0.370 e. The summed E-state index contributed by atoms with van der Waals surface area (Å²) in [6, 6.07) is 0. The number of hydrogen-bond acceptors (Lipinski definition) is 2. The quantitative estimate of drug-likeness (QED) is 0.729. The summed E-state index contributed by atoms with van der Waals surface area (Å²) in [6.45, 7) is 7.84. The number of rotatable bonds is 7. The van der Waals surface area contributed by atoms with Crippen LogP contribution in [0.2, 0.25) is 0 Å². The molecule has 3 heteroatoms. The minimum absolute atomic E-state index is 0.0967. The summed E-state index contributed by atoms with van der Waals surface area (Å²) < 4.78 is 0. The lowest BCUT2D eigenvalue weighted by Gasteiger charge is -2.10. The van der Waals surface area contributed by atoms with Gasteiger partial charge in [-0.2, -0.15) is 0 Å². The summed E-state index contributed by atoms with van der Waals surface area (Å²) in [5.41, 5.74) is 5.06. The third-order valence-corrected chi connectivity index (χ3v) is 4.69. The van der Waals surface area contributed by atoms with Crippen molar-refractivity contribution in [1.82, 2.24) is 0 Å². The molecule has 2 aliphatic carbocycles. The first-order valence-corrected chi connectivity index (χ1v) is 9.31. The summed E-state index contributed by atoms with van der Waals surface area (Å²) in [7, 11) is 0. The summed E-state index contributed by atoms with van der Waals surface area (Å²) in [5, 5.41) is 0. The van der Waals surface area contributed by atoms with Crippen molar-refractivity contribution < 1.29 is 9.59 Å². The molecule has 0 aromatic rings. The summed E-state index contributed by atoms with van der Waals surface area (Å²) >= 11 is 0. The molecule has 3 nitrogen and oxygen atoms in total. The van der Waals surface area contributed by atoms with Crippen LogP contribution >= 0.6 is 0 Å². The zero-order valence-electron chi connectivity index (χ0n) is 15.2. The van der Waals surface area contributed by atoms with Crippen molar-refractivity contribution in [3.05, 3.63) is 0 Å². The number of nitrogens with two attached hydrogens (primary N) is 1. The van der Waals surface area contributed by atoms with Gasteiger partial charge in [-0.15, -0.1) is 0 Å². The van der Waals surface area contributed by atoms with Gasteiger partial charge in [0.25, 0.3) is 0 Å². The van der Waals surface area contributed by atoms with Crippen molar-refractivity contribution in [2.24, 2.45) is 23.5 Å². The van der Waals surface area contributed by atoms with Gasteiger partial charge in [0.2, 0.25) is 5.91 Å². The number of carbonyl (C=O) groups excluding carboxylic acids is 2. The lowest BCUT2D eigenvalue weighted by Crippen LogP contribution is -2.21. The van der Waals surface area contributed by atoms with Gasteiger partial charge in [-0.3, -0.25) is 9.59 Å². The topological polar surface area (TPSA) is 60.2 Å². The van der Waals surface area contributed by atoms with E-state index >= 15 is 0 Å². The highest BCUT2D eigenvalue weighted by molar-refractivity contribution is 5.84. The predicted octanol–water partition coefficient (Wildman–Crippen LogP) is 4.87. The Balaban J connectivity index is 0.000000412. The third-order valence-electron chi connectivity index (χ3n) is 4.69. The Morgan fingerprint density at radius 1 is 1.05 bits per heavy atom. The zero-order valence-corrected chi connectivity index (χ0v) is 15.2. The molecule has 0 unspecified atom stereocenters. The molecule has 2 N–H and O–H groups in total. The number of Topliss-reactive ketones (excluding diaryl/α,β-unsaturated/α-hetero) is 1. The van der Waals surface area contributed by atoms with Crippen LogP contribution in [0, 0.1) is 17.8 Å². The molecule has 22 heavy (non-hydrogen) atoms. The molecule has 2 fully saturated rings. The van der Waals surface area contributed by atoms with E-state index in [-0.39, 0.29) is 24.0 Å². The number of ketones is 1. The van der Waals surface area contributed by atoms with E-state index in [1.54, 1.807) is 6.92 Å². The average Bonchev–Trinajstić information content (AvgIpc) is 3.17. The molecule has 2 saturated carbocycles. The Bertz CT molecular complexity index is 305. The highest BCUT2D eigenvalue weighted by Gasteiger charge is 2.24. The summed E-state index contributed by atoms with van der Waals surface area (Å²) in [4.78, 5) is 21.7. The van der Waals surface area contributed by atoms with Gasteiger partial charge >= 0.3 is 0 Å². The van der Waals surface area contributed by atoms with Crippen molar-refractivity contribution in [1.29, 1.82) is 0 Å². The fourth-order valence-corrected chi connectivity index (χ4v) is 2.95. The van der Waals surface area contributed by atoms with Gasteiger partial charge < -0.3 is 5.73 Å². The molecule has 2 rings (SSSR count). The Morgan fingerprint density at radius 3 is 1.91 bits per heavy atom. The molecule has 1 atom stereocenters. The van der Waals surface area contributed by atoms with Gasteiger partial charge in [-0.25, -0.2) is 0 Å². The van der Waals surface area contributed by atoms with E-state index in [1.165, 1.54) is 44.9 Å². The molecule has 0 aromatic carbocycles. The van der Waals surface area contributed by atoms with Crippen LogP contribution in [0.25, 0.3) is 0 Å². The molecule has 0 radical (unpaired) electrons. The molecular weight excluding hydrogens is 274 g/mol. The Morgan fingerprint density at radius 2 is 1.59 bits per heavy atom. The maximum atomic E-state index is 11.1. The third kappa shape index (κ3) is 10.8. The molecule has 0 aliphatic heterocycles. The second-order valence-corrected chi connectivity index (χ2v) is 6.56. The number of amides is 1. The number of carbonyl (C=O) groups is 2. The maximum absolute atomic E-state index is 11.1. The van der Waals surface area contributed by atoms with E-state index in [2.05, 4.69) is 6.92 Å². The van der Waals surface area contributed by atoms with Gasteiger partial charge in [-0.05, 0) is 31.6 Å². The Hall–Kier alpha value is -0.860. The molecule has 0 heterocycles. The molecule has 0 spiro atoms. The predicted molar refractivity (Wildman–Crippen MR) is 93.5 cm³/mol. The van der Waals surface area contributed by atoms with Crippen molar-refractivity contribution in [3.8, 4) is 0 Å². The largest absolute Gasteiger partial charge is 0.370 e. The molecule has 130 valence electrons. The van der Waals surface area contributed by atoms with Gasteiger partial charge in [0.1, 0.15) is 5.78 Å². The second kappa shape index (κ2) is 12.7. The molecule has 0 saturated heterocycles. The van der Waals surface area contributed by atoms with E-state index in [4.69, 9.17) is 5.73 Å². The van der Waals surface area contributed by atoms with Crippen molar-refractivity contribution in [3.63, 3.8) is 0 Å². The van der Waals surface area contributed by atoms with Crippen LogP contribution in [-0.4, -0.2) is 11.7 Å². The molecule has 0 aromatic heterocycles. The van der Waals surface area contributed by atoms with Crippen LogP contribution in [-0.2, 0) is 9.59 Å². The normalized spacial score (nSPS) is 18.5. The van der Waals surface area contributed by atoms with E-state index in [1.807, 2.05) is 13.8 Å². The van der Waals surface area contributed by atoms with E-state index in [9.17, 15) is 9.59 Å². The van der Waals surface area contributed by atoms with Crippen LogP contribution in [0.4, 0.5) is 0 Å². The van der Waals surface area contributed by atoms with Crippen LogP contribution in [0.3, 0.4) is 0 Å². The van der Waals surface area contributed by atoms with Crippen LogP contribution in [0.5, 0.6) is 0 Å². The fourth-order valence-electron chi connectivity index (χ4n) is 2.95. The van der Waals surface area contributed by atoms with Gasteiger partial charge in [0.05, 0.1) is 0 Å². The van der Waals surface area contributed by atoms with E-state index in [0.29, 0.717) is 0 Å². The lowest BCUT2D eigenvalue weighted by atomic mass is 9.94. The Labute approximate surface area is 137 Å². The standard InChI is InChI=1S/C10H17NO2.C7H14.C2H6/c1-7(12)9(6-10(11)13)5-4-8-2-3-8;1-2-7-5-3-4-6-7;1-2/h8-9H,2-6H2,1H3,(H2,11,13);7H,2-6H2,1H3;1-2H3/t9-;;/m1../s1. The lowest BCUT2D eigenvalue weighted by molar-refractivity contribution is -0.126. The van der Waals surface area contributed by atoms with Gasteiger partial charge in [0, 0.05) is 12.3 Å². The highest BCUT2D eigenvalue weighted by atomic mass is 16.1. The first-order chi connectivity index (χ1) is 10.5. The van der Waals surface area contributed by atoms with E-state index < -0.39 is 0 Å². The Kier molecular flexibility index (Phi) is 12.2. The summed E-state index contributed by atoms with van der Waals surface area (Å²) in [5.74, 6) is 1.52. The molecular formula is C19H37NO2. The monoisotopic (exact) mass is 311 g/mol. The number of primary amides is 1. The average molecular weight is 312 g/mol. The fraction of sp³-hybridized carbons (Fsp3) is 0.895. The van der Waals surface area contributed by atoms with E-state index in [0.717, 1.165) is 24.7 Å².